The van der Waals surface area contributed by atoms with Gasteiger partial charge in [-0.3, -0.25) is 4.79 Å². The van der Waals surface area contributed by atoms with E-state index in [2.05, 4.69) is 10.6 Å². The van der Waals surface area contributed by atoms with E-state index in [0.29, 0.717) is 5.41 Å². The van der Waals surface area contributed by atoms with Crippen LogP contribution in [0.1, 0.15) is 58.3 Å². The summed E-state index contributed by atoms with van der Waals surface area (Å²) in [7, 11) is 0. The second kappa shape index (κ2) is 6.23. The molecule has 0 aromatic carbocycles. The molecule has 1 aliphatic heterocycles. The lowest BCUT2D eigenvalue weighted by atomic mass is 9.49. The number of nitrogens with zero attached hydrogens (tertiary/aromatic N) is 1. The Morgan fingerprint density at radius 1 is 1.00 bits per heavy atom. The summed E-state index contributed by atoms with van der Waals surface area (Å²) in [6.45, 7) is 3.99. The first-order valence-electron chi connectivity index (χ1n) is 9.81. The van der Waals surface area contributed by atoms with Crippen molar-refractivity contribution in [3.8, 4) is 0 Å². The van der Waals surface area contributed by atoms with E-state index >= 15 is 0 Å². The monoisotopic (exact) mass is 333 g/mol. The fourth-order valence-corrected chi connectivity index (χ4v) is 6.35. The third kappa shape index (κ3) is 3.27. The van der Waals surface area contributed by atoms with Gasteiger partial charge >= 0.3 is 6.03 Å². The van der Waals surface area contributed by atoms with Gasteiger partial charge in [0.1, 0.15) is 0 Å². The van der Waals surface area contributed by atoms with E-state index < -0.39 is 0 Å². The molecule has 2 N–H and O–H groups in total. The van der Waals surface area contributed by atoms with Gasteiger partial charge in [-0.2, -0.15) is 0 Å². The molecule has 1 saturated heterocycles. The van der Waals surface area contributed by atoms with Gasteiger partial charge in [-0.1, -0.05) is 0 Å². The highest BCUT2D eigenvalue weighted by molar-refractivity contribution is 5.75. The van der Waals surface area contributed by atoms with E-state index in [1.165, 1.54) is 38.5 Å². The van der Waals surface area contributed by atoms with Crippen LogP contribution in [-0.2, 0) is 4.79 Å². The van der Waals surface area contributed by atoms with Gasteiger partial charge in [0.05, 0.1) is 0 Å². The molecular formula is C19H31N3O2. The molecule has 0 unspecified atom stereocenters. The molecule has 5 rings (SSSR count). The van der Waals surface area contributed by atoms with Crippen molar-refractivity contribution in [2.45, 2.75) is 64.3 Å². The zero-order valence-corrected chi connectivity index (χ0v) is 14.9. The third-order valence-corrected chi connectivity index (χ3v) is 7.06. The van der Waals surface area contributed by atoms with Crippen molar-refractivity contribution in [1.29, 1.82) is 0 Å². The molecule has 3 amide bonds. The first-order chi connectivity index (χ1) is 11.5. The van der Waals surface area contributed by atoms with Crippen LogP contribution in [0, 0.1) is 23.2 Å². The lowest BCUT2D eigenvalue weighted by Crippen LogP contribution is -2.54. The van der Waals surface area contributed by atoms with Crippen LogP contribution < -0.4 is 10.6 Å². The number of likely N-dealkylation sites (tertiary alicyclic amines) is 1. The number of carbonyl (C=O) groups excluding carboxylic acids is 2. The summed E-state index contributed by atoms with van der Waals surface area (Å²) >= 11 is 0. The summed E-state index contributed by atoms with van der Waals surface area (Å²) in [6.07, 6.45) is 10.1. The summed E-state index contributed by atoms with van der Waals surface area (Å²) in [4.78, 5) is 25.5. The van der Waals surface area contributed by atoms with Gasteiger partial charge in [0.25, 0.3) is 0 Å². The smallest absolute Gasteiger partial charge is 0.315 e. The summed E-state index contributed by atoms with van der Waals surface area (Å²) in [5.74, 6) is 2.92. The minimum atomic E-state index is -0.00739. The van der Waals surface area contributed by atoms with Crippen LogP contribution >= 0.6 is 0 Å². The number of nitrogens with one attached hydrogen (secondary N) is 2. The molecule has 0 aromatic rings. The Labute approximate surface area is 144 Å². The molecule has 5 aliphatic rings. The van der Waals surface area contributed by atoms with Crippen LogP contribution in [0.25, 0.3) is 0 Å². The molecule has 4 bridgehead atoms. The van der Waals surface area contributed by atoms with E-state index in [9.17, 15) is 9.59 Å². The molecule has 5 heteroatoms. The number of amides is 3. The number of rotatable bonds is 3. The highest BCUT2D eigenvalue weighted by Gasteiger charge is 2.50. The largest absolute Gasteiger partial charge is 0.343 e. The Hall–Kier alpha value is -1.26. The second-order valence-corrected chi connectivity index (χ2v) is 9.02. The summed E-state index contributed by atoms with van der Waals surface area (Å²) in [5.41, 5.74) is 0.393. The SMILES string of the molecule is CC(=O)N1CCC(NC(=O)NCC23CC4CC(CC(C4)C2)C3)CC1. The van der Waals surface area contributed by atoms with Crippen molar-refractivity contribution >= 4 is 11.9 Å². The Bertz CT molecular complexity index is 475. The molecule has 4 saturated carbocycles. The number of hydrogen-bond acceptors (Lipinski definition) is 2. The lowest BCUT2D eigenvalue weighted by Gasteiger charge is -2.56. The number of piperidine rings is 1. The van der Waals surface area contributed by atoms with Gasteiger partial charge in [-0.25, -0.2) is 4.79 Å². The summed E-state index contributed by atoms with van der Waals surface area (Å²) in [6, 6.07) is 0.198. The molecule has 5 nitrogen and oxygen atoms in total. The highest BCUT2D eigenvalue weighted by Crippen LogP contribution is 2.59. The van der Waals surface area contributed by atoms with E-state index in [4.69, 9.17) is 0 Å². The molecule has 4 aliphatic carbocycles. The van der Waals surface area contributed by atoms with Gasteiger partial charge in [0.15, 0.2) is 0 Å². The topological polar surface area (TPSA) is 61.4 Å². The summed E-state index contributed by atoms with van der Waals surface area (Å²) in [5, 5.41) is 6.31. The summed E-state index contributed by atoms with van der Waals surface area (Å²) < 4.78 is 0. The maximum atomic E-state index is 12.3. The molecule has 134 valence electrons. The molecule has 24 heavy (non-hydrogen) atoms. The first kappa shape index (κ1) is 16.2. The standard InChI is InChI=1S/C19H31N3O2/c1-13(23)22-4-2-17(3-5-22)21-18(24)20-12-19-9-14-6-15(10-19)8-16(7-14)11-19/h14-17H,2-12H2,1H3,(H2,20,21,24). The van der Waals surface area contributed by atoms with Gasteiger partial charge in [0.2, 0.25) is 5.91 Å². The Morgan fingerprint density at radius 3 is 2.04 bits per heavy atom. The lowest BCUT2D eigenvalue weighted by molar-refractivity contribution is -0.129. The van der Waals surface area contributed by atoms with Crippen LogP contribution in [0.15, 0.2) is 0 Å². The quantitative estimate of drug-likeness (QED) is 0.834. The van der Waals surface area contributed by atoms with Gasteiger partial charge in [-0.15, -0.1) is 0 Å². The maximum absolute atomic E-state index is 12.3. The van der Waals surface area contributed by atoms with Crippen molar-refractivity contribution in [1.82, 2.24) is 15.5 Å². The van der Waals surface area contributed by atoms with E-state index in [-0.39, 0.29) is 18.0 Å². The predicted molar refractivity (Wildman–Crippen MR) is 92.4 cm³/mol. The number of urea groups is 1. The fourth-order valence-electron chi connectivity index (χ4n) is 6.35. The molecule has 0 radical (unpaired) electrons. The van der Waals surface area contributed by atoms with Crippen molar-refractivity contribution in [3.63, 3.8) is 0 Å². The molecule has 0 aromatic heterocycles. The maximum Gasteiger partial charge on any atom is 0.315 e. The van der Waals surface area contributed by atoms with Gasteiger partial charge < -0.3 is 15.5 Å². The zero-order chi connectivity index (χ0) is 16.7. The van der Waals surface area contributed by atoms with Crippen LogP contribution in [0.3, 0.4) is 0 Å². The van der Waals surface area contributed by atoms with Gasteiger partial charge in [0, 0.05) is 32.6 Å². The average molecular weight is 333 g/mol. The number of carbonyl (C=O) groups is 2. The Morgan fingerprint density at radius 2 is 1.54 bits per heavy atom. The van der Waals surface area contributed by atoms with Crippen molar-refractivity contribution < 1.29 is 9.59 Å². The predicted octanol–water partition coefficient (Wildman–Crippen LogP) is 2.51. The highest BCUT2D eigenvalue weighted by atomic mass is 16.2. The van der Waals surface area contributed by atoms with Crippen LogP contribution in [0.2, 0.25) is 0 Å². The Balaban J connectivity index is 1.24. The van der Waals surface area contributed by atoms with Crippen molar-refractivity contribution in [2.75, 3.05) is 19.6 Å². The minimum Gasteiger partial charge on any atom is -0.343 e. The first-order valence-corrected chi connectivity index (χ1v) is 9.81. The second-order valence-electron chi connectivity index (χ2n) is 9.02. The van der Waals surface area contributed by atoms with Crippen LogP contribution in [0.4, 0.5) is 4.79 Å². The Kier molecular flexibility index (Phi) is 4.21. The minimum absolute atomic E-state index is 0.00739. The molecule has 0 atom stereocenters. The molecule has 0 spiro atoms. The fraction of sp³-hybridized carbons (Fsp3) is 0.895. The molecule has 1 heterocycles. The van der Waals surface area contributed by atoms with E-state index in [1.807, 2.05) is 4.90 Å². The van der Waals surface area contributed by atoms with E-state index in [0.717, 1.165) is 50.2 Å². The van der Waals surface area contributed by atoms with Crippen LogP contribution in [-0.4, -0.2) is 42.5 Å². The van der Waals surface area contributed by atoms with Gasteiger partial charge in [-0.05, 0) is 74.5 Å². The third-order valence-electron chi connectivity index (χ3n) is 7.06. The normalized spacial score (nSPS) is 38.2. The average Bonchev–Trinajstić information content (AvgIpc) is 2.52. The van der Waals surface area contributed by atoms with Crippen molar-refractivity contribution in [2.24, 2.45) is 23.2 Å². The van der Waals surface area contributed by atoms with E-state index in [1.54, 1.807) is 6.92 Å². The molecule has 5 fully saturated rings. The zero-order valence-electron chi connectivity index (χ0n) is 14.9. The van der Waals surface area contributed by atoms with Crippen molar-refractivity contribution in [3.05, 3.63) is 0 Å². The number of hydrogen-bond donors (Lipinski definition) is 2. The molecular weight excluding hydrogens is 302 g/mol. The van der Waals surface area contributed by atoms with Crippen LogP contribution in [0.5, 0.6) is 0 Å².